The summed E-state index contributed by atoms with van der Waals surface area (Å²) < 4.78 is 0. The number of piperazine rings is 1. The Balaban J connectivity index is 1.60. The highest BCUT2D eigenvalue weighted by Gasteiger charge is 2.23. The van der Waals surface area contributed by atoms with Crippen LogP contribution in [-0.4, -0.2) is 47.1 Å². The van der Waals surface area contributed by atoms with E-state index in [1.54, 1.807) is 18.5 Å². The highest BCUT2D eigenvalue weighted by Crippen LogP contribution is 2.20. The van der Waals surface area contributed by atoms with Gasteiger partial charge in [0.1, 0.15) is 0 Å². The summed E-state index contributed by atoms with van der Waals surface area (Å²) >= 11 is 0. The molecule has 1 aliphatic heterocycles. The van der Waals surface area contributed by atoms with Crippen LogP contribution in [0.25, 0.3) is 0 Å². The molecule has 120 valence electrons. The maximum absolute atomic E-state index is 12.5. The number of nitrogens with one attached hydrogen (secondary N) is 1. The van der Waals surface area contributed by atoms with Crippen molar-refractivity contribution in [1.82, 2.24) is 14.9 Å². The van der Waals surface area contributed by atoms with Crippen LogP contribution in [0.1, 0.15) is 11.1 Å². The fourth-order valence-corrected chi connectivity index (χ4v) is 2.76. The first-order valence-electron chi connectivity index (χ1n) is 7.79. The summed E-state index contributed by atoms with van der Waals surface area (Å²) in [5, 5.41) is 3.04. The Labute approximate surface area is 136 Å². The molecule has 2 heterocycles. The number of para-hydroxylation sites is 1. The SMILES string of the molecule is Cc1cccc(C)c1NC(=O)N1CCN(c2ncccn2)CC1. The van der Waals surface area contributed by atoms with Crippen molar-refractivity contribution in [2.75, 3.05) is 36.4 Å². The molecule has 1 aromatic heterocycles. The van der Waals surface area contributed by atoms with Gasteiger partial charge in [0.05, 0.1) is 0 Å². The molecule has 1 aliphatic rings. The van der Waals surface area contributed by atoms with Crippen LogP contribution in [0.5, 0.6) is 0 Å². The van der Waals surface area contributed by atoms with Crippen molar-refractivity contribution >= 4 is 17.7 Å². The molecule has 23 heavy (non-hydrogen) atoms. The molecule has 0 bridgehead atoms. The minimum Gasteiger partial charge on any atom is -0.337 e. The molecule has 0 atom stereocenters. The van der Waals surface area contributed by atoms with Gasteiger partial charge >= 0.3 is 6.03 Å². The van der Waals surface area contributed by atoms with Crippen LogP contribution in [0, 0.1) is 13.8 Å². The van der Waals surface area contributed by atoms with E-state index in [-0.39, 0.29) is 6.03 Å². The largest absolute Gasteiger partial charge is 0.337 e. The number of aromatic nitrogens is 2. The lowest BCUT2D eigenvalue weighted by Crippen LogP contribution is -2.50. The van der Waals surface area contributed by atoms with E-state index in [2.05, 4.69) is 20.2 Å². The third-order valence-electron chi connectivity index (χ3n) is 4.11. The van der Waals surface area contributed by atoms with E-state index in [1.807, 2.05) is 36.9 Å². The van der Waals surface area contributed by atoms with Gasteiger partial charge in [-0.1, -0.05) is 18.2 Å². The number of anilines is 2. The van der Waals surface area contributed by atoms with Crippen molar-refractivity contribution in [2.45, 2.75) is 13.8 Å². The second-order valence-corrected chi connectivity index (χ2v) is 5.72. The number of urea groups is 1. The van der Waals surface area contributed by atoms with Crippen LogP contribution < -0.4 is 10.2 Å². The Bertz CT molecular complexity index is 660. The first-order valence-corrected chi connectivity index (χ1v) is 7.79. The molecular formula is C17H21N5O. The molecule has 6 heteroatoms. The molecule has 2 amide bonds. The molecule has 0 unspecified atom stereocenters. The number of rotatable bonds is 2. The minimum absolute atomic E-state index is 0.0453. The maximum Gasteiger partial charge on any atom is 0.321 e. The van der Waals surface area contributed by atoms with Crippen molar-refractivity contribution in [2.24, 2.45) is 0 Å². The lowest BCUT2D eigenvalue weighted by molar-refractivity contribution is 0.208. The summed E-state index contributed by atoms with van der Waals surface area (Å²) in [6.07, 6.45) is 3.48. The van der Waals surface area contributed by atoms with E-state index in [1.165, 1.54) is 0 Å². The molecule has 0 aliphatic carbocycles. The second kappa shape index (κ2) is 6.64. The molecule has 6 nitrogen and oxygen atoms in total. The Morgan fingerprint density at radius 1 is 1.00 bits per heavy atom. The molecular weight excluding hydrogens is 290 g/mol. The Morgan fingerprint density at radius 2 is 1.61 bits per heavy atom. The van der Waals surface area contributed by atoms with E-state index < -0.39 is 0 Å². The maximum atomic E-state index is 12.5. The van der Waals surface area contributed by atoms with Gasteiger partial charge < -0.3 is 15.1 Å². The number of benzene rings is 1. The Kier molecular flexibility index (Phi) is 4.41. The lowest BCUT2D eigenvalue weighted by atomic mass is 10.1. The molecule has 1 N–H and O–H groups in total. The monoisotopic (exact) mass is 311 g/mol. The molecule has 2 aromatic rings. The zero-order valence-corrected chi connectivity index (χ0v) is 13.5. The van der Waals surface area contributed by atoms with Gasteiger partial charge in [0.2, 0.25) is 5.95 Å². The molecule has 0 saturated carbocycles. The first kappa shape index (κ1) is 15.3. The molecule has 1 fully saturated rings. The topological polar surface area (TPSA) is 61.4 Å². The van der Waals surface area contributed by atoms with Crippen molar-refractivity contribution < 1.29 is 4.79 Å². The van der Waals surface area contributed by atoms with Crippen LogP contribution in [0.4, 0.5) is 16.4 Å². The highest BCUT2D eigenvalue weighted by molar-refractivity contribution is 5.91. The van der Waals surface area contributed by atoms with E-state index >= 15 is 0 Å². The molecule has 0 spiro atoms. The van der Waals surface area contributed by atoms with Crippen LogP contribution >= 0.6 is 0 Å². The van der Waals surface area contributed by atoms with Crippen LogP contribution in [-0.2, 0) is 0 Å². The van der Waals surface area contributed by atoms with Gasteiger partial charge in [-0.25, -0.2) is 14.8 Å². The van der Waals surface area contributed by atoms with Crippen LogP contribution in [0.3, 0.4) is 0 Å². The summed E-state index contributed by atoms with van der Waals surface area (Å²) in [5.41, 5.74) is 3.07. The summed E-state index contributed by atoms with van der Waals surface area (Å²) in [7, 11) is 0. The zero-order chi connectivity index (χ0) is 16.2. The minimum atomic E-state index is -0.0453. The Morgan fingerprint density at radius 3 is 2.22 bits per heavy atom. The van der Waals surface area contributed by atoms with Crippen molar-refractivity contribution in [1.29, 1.82) is 0 Å². The number of carbonyl (C=O) groups is 1. The van der Waals surface area contributed by atoms with Crippen LogP contribution in [0.15, 0.2) is 36.7 Å². The fraction of sp³-hybridized carbons (Fsp3) is 0.353. The standard InChI is InChI=1S/C17H21N5O/c1-13-5-3-6-14(2)15(13)20-17(23)22-11-9-21(10-12-22)16-18-7-4-8-19-16/h3-8H,9-12H2,1-2H3,(H,20,23). The zero-order valence-electron chi connectivity index (χ0n) is 13.5. The predicted molar refractivity (Wildman–Crippen MR) is 90.8 cm³/mol. The summed E-state index contributed by atoms with van der Waals surface area (Å²) in [5.74, 6) is 0.724. The van der Waals surface area contributed by atoms with E-state index in [0.717, 1.165) is 35.9 Å². The predicted octanol–water partition coefficient (Wildman–Crippen LogP) is 2.45. The third-order valence-corrected chi connectivity index (χ3v) is 4.11. The van der Waals surface area contributed by atoms with Gasteiger partial charge in [-0.15, -0.1) is 0 Å². The molecule has 0 radical (unpaired) electrons. The summed E-state index contributed by atoms with van der Waals surface area (Å²) in [4.78, 5) is 24.9. The number of hydrogen-bond acceptors (Lipinski definition) is 4. The normalized spacial score (nSPS) is 14.7. The number of aryl methyl sites for hydroxylation is 2. The first-order chi connectivity index (χ1) is 11.1. The van der Waals surface area contributed by atoms with E-state index in [9.17, 15) is 4.79 Å². The smallest absolute Gasteiger partial charge is 0.321 e. The van der Waals surface area contributed by atoms with Gasteiger partial charge in [0.15, 0.2) is 0 Å². The van der Waals surface area contributed by atoms with E-state index in [0.29, 0.717) is 13.1 Å². The molecule has 3 rings (SSSR count). The van der Waals surface area contributed by atoms with Gasteiger partial charge in [0.25, 0.3) is 0 Å². The number of hydrogen-bond donors (Lipinski definition) is 1. The van der Waals surface area contributed by atoms with Crippen molar-refractivity contribution in [3.05, 3.63) is 47.8 Å². The van der Waals surface area contributed by atoms with Gasteiger partial charge in [-0.3, -0.25) is 0 Å². The van der Waals surface area contributed by atoms with Crippen molar-refractivity contribution in [3.8, 4) is 0 Å². The number of amides is 2. The Hall–Kier alpha value is -2.63. The lowest BCUT2D eigenvalue weighted by Gasteiger charge is -2.34. The highest BCUT2D eigenvalue weighted by atomic mass is 16.2. The fourth-order valence-electron chi connectivity index (χ4n) is 2.76. The average molecular weight is 311 g/mol. The second-order valence-electron chi connectivity index (χ2n) is 5.72. The summed E-state index contributed by atoms with van der Waals surface area (Å²) in [6.45, 7) is 6.82. The van der Waals surface area contributed by atoms with Gasteiger partial charge in [-0.2, -0.15) is 0 Å². The van der Waals surface area contributed by atoms with Crippen molar-refractivity contribution in [3.63, 3.8) is 0 Å². The molecule has 1 saturated heterocycles. The quantitative estimate of drug-likeness (QED) is 0.925. The number of carbonyl (C=O) groups excluding carboxylic acids is 1. The summed E-state index contributed by atoms with van der Waals surface area (Å²) in [6, 6.07) is 7.77. The third kappa shape index (κ3) is 3.41. The average Bonchev–Trinajstić information content (AvgIpc) is 2.59. The van der Waals surface area contributed by atoms with Crippen LogP contribution in [0.2, 0.25) is 0 Å². The van der Waals surface area contributed by atoms with Gasteiger partial charge in [-0.05, 0) is 31.0 Å². The van der Waals surface area contributed by atoms with Gasteiger partial charge in [0, 0.05) is 44.3 Å². The number of nitrogens with zero attached hydrogens (tertiary/aromatic N) is 4. The molecule has 1 aromatic carbocycles. The van der Waals surface area contributed by atoms with E-state index in [4.69, 9.17) is 0 Å².